The van der Waals surface area contributed by atoms with E-state index in [2.05, 4.69) is 45.0 Å². The van der Waals surface area contributed by atoms with Crippen LogP contribution in [0, 0.1) is 0 Å². The predicted molar refractivity (Wildman–Crippen MR) is 157 cm³/mol. The smallest absolute Gasteiger partial charge is 0.134 e. The molecule has 5 nitrogen and oxygen atoms in total. The molecule has 0 atom stereocenters. The van der Waals surface area contributed by atoms with Gasteiger partial charge in [0.2, 0.25) is 0 Å². The van der Waals surface area contributed by atoms with Crippen molar-refractivity contribution in [3.05, 3.63) is 117 Å². The summed E-state index contributed by atoms with van der Waals surface area (Å²) in [5, 5.41) is 4.16. The number of hydrogen-bond donors (Lipinski definition) is 2. The third-order valence-corrected chi connectivity index (χ3v) is 7.80. The normalized spacial score (nSPS) is 12.2. The van der Waals surface area contributed by atoms with Crippen molar-refractivity contribution in [3.8, 4) is 22.6 Å². The van der Waals surface area contributed by atoms with Crippen molar-refractivity contribution in [1.29, 1.82) is 0 Å². The zero-order valence-corrected chi connectivity index (χ0v) is 22.0. The summed E-state index contributed by atoms with van der Waals surface area (Å²) in [6, 6.07) is 28.3. The van der Waals surface area contributed by atoms with Gasteiger partial charge in [0, 0.05) is 57.9 Å². The van der Waals surface area contributed by atoms with Crippen LogP contribution in [-0.4, -0.2) is 24.8 Å². The fourth-order valence-electron chi connectivity index (χ4n) is 3.98. The van der Waals surface area contributed by atoms with Crippen molar-refractivity contribution in [2.24, 2.45) is 21.5 Å². The Bertz CT molecular complexity index is 1390. The molecule has 0 aliphatic heterocycles. The van der Waals surface area contributed by atoms with E-state index in [1.807, 2.05) is 60.7 Å². The summed E-state index contributed by atoms with van der Waals surface area (Å²) in [5.74, 6) is 2.61. The molecular formula is C30H28N4OS2. The number of benzene rings is 2. The SMILES string of the molecule is NC(=NCCc1cccs1)c1cccc(-c2ccc(-c3cccc(C(N)=NCCc4cccs4)c3)o2)c1. The van der Waals surface area contributed by atoms with E-state index in [1.165, 1.54) is 9.75 Å². The molecule has 0 saturated carbocycles. The first-order valence-corrected chi connectivity index (χ1v) is 13.9. The van der Waals surface area contributed by atoms with Gasteiger partial charge in [-0.15, -0.1) is 22.7 Å². The number of thiophene rings is 2. The molecule has 0 aliphatic rings. The maximum absolute atomic E-state index is 6.29. The summed E-state index contributed by atoms with van der Waals surface area (Å²) in [6.45, 7) is 1.33. The number of hydrogen-bond acceptors (Lipinski definition) is 5. The van der Waals surface area contributed by atoms with Crippen LogP contribution in [0.3, 0.4) is 0 Å². The summed E-state index contributed by atoms with van der Waals surface area (Å²) in [4.78, 5) is 11.8. The zero-order valence-electron chi connectivity index (χ0n) is 20.3. The van der Waals surface area contributed by atoms with Crippen molar-refractivity contribution >= 4 is 34.3 Å². The lowest BCUT2D eigenvalue weighted by atomic mass is 10.1. The van der Waals surface area contributed by atoms with Gasteiger partial charge < -0.3 is 15.9 Å². The van der Waals surface area contributed by atoms with Crippen LogP contribution in [0.4, 0.5) is 0 Å². The molecule has 7 heteroatoms. The molecular weight excluding hydrogens is 496 g/mol. The number of amidine groups is 2. The van der Waals surface area contributed by atoms with Crippen molar-refractivity contribution in [3.63, 3.8) is 0 Å². The molecule has 2 aromatic carbocycles. The zero-order chi connectivity index (χ0) is 25.5. The molecule has 0 spiro atoms. The highest BCUT2D eigenvalue weighted by Crippen LogP contribution is 2.29. The van der Waals surface area contributed by atoms with Crippen LogP contribution < -0.4 is 11.5 Å². The third kappa shape index (κ3) is 6.44. The van der Waals surface area contributed by atoms with E-state index in [1.54, 1.807) is 22.7 Å². The van der Waals surface area contributed by atoms with Crippen LogP contribution in [0.25, 0.3) is 22.6 Å². The van der Waals surface area contributed by atoms with E-state index in [-0.39, 0.29) is 0 Å². The van der Waals surface area contributed by atoms with E-state index in [0.717, 1.165) is 46.6 Å². The van der Waals surface area contributed by atoms with Crippen LogP contribution in [0.2, 0.25) is 0 Å². The summed E-state index contributed by atoms with van der Waals surface area (Å²) in [7, 11) is 0. The van der Waals surface area contributed by atoms with Crippen molar-refractivity contribution in [2.45, 2.75) is 12.8 Å². The van der Waals surface area contributed by atoms with Gasteiger partial charge in [-0.05, 0) is 47.2 Å². The number of nitrogens with two attached hydrogens (primary N) is 2. The Labute approximate surface area is 224 Å². The molecule has 5 rings (SSSR count). The molecule has 0 fully saturated rings. The lowest BCUT2D eigenvalue weighted by Crippen LogP contribution is -2.14. The van der Waals surface area contributed by atoms with Crippen LogP contribution in [0.1, 0.15) is 20.9 Å². The number of rotatable bonds is 10. The number of furan rings is 1. The van der Waals surface area contributed by atoms with Gasteiger partial charge in [0.1, 0.15) is 23.2 Å². The van der Waals surface area contributed by atoms with Crippen LogP contribution >= 0.6 is 22.7 Å². The molecule has 0 amide bonds. The maximum atomic E-state index is 6.29. The fourth-order valence-corrected chi connectivity index (χ4v) is 5.37. The Morgan fingerprint density at radius 2 is 1.11 bits per heavy atom. The second-order valence-corrected chi connectivity index (χ2v) is 10.6. The highest BCUT2D eigenvalue weighted by molar-refractivity contribution is 7.10. The monoisotopic (exact) mass is 524 g/mol. The second kappa shape index (κ2) is 11.9. The second-order valence-electron chi connectivity index (χ2n) is 8.52. The minimum atomic E-state index is 0.534. The van der Waals surface area contributed by atoms with Gasteiger partial charge in [-0.25, -0.2) is 0 Å². The fraction of sp³-hybridized carbons (Fsp3) is 0.133. The van der Waals surface area contributed by atoms with E-state index in [9.17, 15) is 0 Å². The van der Waals surface area contributed by atoms with Crippen LogP contribution in [0.15, 0.2) is 110 Å². The Kier molecular flexibility index (Phi) is 7.93. The molecule has 0 radical (unpaired) electrons. The molecule has 0 aliphatic carbocycles. The Morgan fingerprint density at radius 3 is 1.54 bits per heavy atom. The average molecular weight is 525 g/mol. The van der Waals surface area contributed by atoms with Gasteiger partial charge >= 0.3 is 0 Å². The van der Waals surface area contributed by atoms with Crippen molar-refractivity contribution in [2.75, 3.05) is 13.1 Å². The molecule has 3 heterocycles. The summed E-state index contributed by atoms with van der Waals surface area (Å²) < 4.78 is 6.23. The molecule has 186 valence electrons. The van der Waals surface area contributed by atoms with Gasteiger partial charge in [-0.3, -0.25) is 9.98 Å². The number of aliphatic imine (C=N–C) groups is 2. The van der Waals surface area contributed by atoms with Crippen LogP contribution in [0.5, 0.6) is 0 Å². The molecule has 3 aromatic heterocycles. The Balaban J connectivity index is 1.28. The maximum Gasteiger partial charge on any atom is 0.134 e. The van der Waals surface area contributed by atoms with Crippen molar-refractivity contribution < 1.29 is 4.42 Å². The van der Waals surface area contributed by atoms with Gasteiger partial charge in [-0.1, -0.05) is 48.5 Å². The summed E-state index contributed by atoms with van der Waals surface area (Å²) >= 11 is 3.48. The minimum absolute atomic E-state index is 0.534. The van der Waals surface area contributed by atoms with Crippen molar-refractivity contribution in [1.82, 2.24) is 0 Å². The average Bonchev–Trinajstić information content (AvgIpc) is 3.72. The molecule has 5 aromatic rings. The highest BCUT2D eigenvalue weighted by atomic mass is 32.1. The van der Waals surface area contributed by atoms with Crippen LogP contribution in [-0.2, 0) is 12.8 Å². The largest absolute Gasteiger partial charge is 0.456 e. The molecule has 0 saturated heterocycles. The first kappa shape index (κ1) is 24.7. The highest BCUT2D eigenvalue weighted by Gasteiger charge is 2.10. The van der Waals surface area contributed by atoms with Gasteiger partial charge in [0.15, 0.2) is 0 Å². The minimum Gasteiger partial charge on any atom is -0.456 e. The van der Waals surface area contributed by atoms with Gasteiger partial charge in [0.25, 0.3) is 0 Å². The summed E-state index contributed by atoms with van der Waals surface area (Å²) in [6.07, 6.45) is 1.78. The molecule has 0 bridgehead atoms. The molecule has 37 heavy (non-hydrogen) atoms. The predicted octanol–water partition coefficient (Wildman–Crippen LogP) is 6.63. The Morgan fingerprint density at radius 1 is 0.622 bits per heavy atom. The lowest BCUT2D eigenvalue weighted by Gasteiger charge is -2.05. The Hall–Kier alpha value is -3.94. The lowest BCUT2D eigenvalue weighted by molar-refractivity contribution is 0.597. The van der Waals surface area contributed by atoms with E-state index < -0.39 is 0 Å². The number of nitrogens with zero attached hydrogens (tertiary/aromatic N) is 2. The molecule has 4 N–H and O–H groups in total. The molecule has 0 unspecified atom stereocenters. The van der Waals surface area contributed by atoms with Gasteiger partial charge in [-0.2, -0.15) is 0 Å². The third-order valence-electron chi connectivity index (χ3n) is 5.93. The van der Waals surface area contributed by atoms with Gasteiger partial charge in [0.05, 0.1) is 0 Å². The standard InChI is InChI=1S/C30H28N4OS2/c31-29(33-15-13-25-9-3-17-36-25)23-7-1-5-21(19-23)27-11-12-28(35-27)22-6-2-8-24(20-22)30(32)34-16-14-26-10-4-18-37-26/h1-12,17-20H,13-16H2,(H2,31,33)(H2,32,34). The quantitative estimate of drug-likeness (QED) is 0.159. The first-order valence-electron chi connectivity index (χ1n) is 12.1. The topological polar surface area (TPSA) is 89.9 Å². The first-order chi connectivity index (χ1) is 18.2. The van der Waals surface area contributed by atoms with E-state index in [0.29, 0.717) is 24.8 Å². The van der Waals surface area contributed by atoms with E-state index in [4.69, 9.17) is 15.9 Å². The van der Waals surface area contributed by atoms with E-state index >= 15 is 0 Å². The summed E-state index contributed by atoms with van der Waals surface area (Å²) in [5.41, 5.74) is 16.2.